The largest absolute Gasteiger partial charge is 0.362 e. The van der Waals surface area contributed by atoms with E-state index >= 15 is 0 Å². The van der Waals surface area contributed by atoms with Crippen LogP contribution in [0.1, 0.15) is 32.1 Å². The van der Waals surface area contributed by atoms with Gasteiger partial charge in [-0.3, -0.25) is 14.9 Å². The summed E-state index contributed by atoms with van der Waals surface area (Å²) in [5.74, 6) is 0.222. The van der Waals surface area contributed by atoms with Crippen molar-refractivity contribution >= 4 is 23.3 Å². The molecule has 0 aliphatic carbocycles. The van der Waals surface area contributed by atoms with E-state index in [1.54, 1.807) is 23.1 Å². The predicted molar refractivity (Wildman–Crippen MR) is 110 cm³/mol. The smallest absolute Gasteiger partial charge is 0.317 e. The Morgan fingerprint density at radius 1 is 1.07 bits per heavy atom. The standard InChI is InChI=1S/C20H29N5O4/c26-19-9-2-1-5-11-23(19)12-6-10-21-20(27)24-15-13-22(14-16-24)17-7-3-4-8-18(17)25(28)29/h3-4,7-8H,1-2,5-6,9-16H2,(H,21,27). The fraction of sp³-hybridized carbons (Fsp3) is 0.600. The number of benzene rings is 1. The Hall–Kier alpha value is -2.84. The molecule has 2 saturated heterocycles. The molecule has 0 spiro atoms. The van der Waals surface area contributed by atoms with E-state index < -0.39 is 0 Å². The average molecular weight is 403 g/mol. The first-order valence-electron chi connectivity index (χ1n) is 10.3. The van der Waals surface area contributed by atoms with Gasteiger partial charge in [0.2, 0.25) is 5.91 Å². The van der Waals surface area contributed by atoms with Crippen molar-refractivity contribution in [1.29, 1.82) is 0 Å². The molecule has 0 radical (unpaired) electrons. The fourth-order valence-electron chi connectivity index (χ4n) is 3.89. The average Bonchev–Trinajstić information content (AvgIpc) is 2.95. The predicted octanol–water partition coefficient (Wildman–Crippen LogP) is 2.22. The number of nitrogens with one attached hydrogen (secondary N) is 1. The Bertz CT molecular complexity index is 733. The number of rotatable bonds is 6. The van der Waals surface area contributed by atoms with Gasteiger partial charge in [-0.1, -0.05) is 18.6 Å². The molecule has 2 fully saturated rings. The maximum absolute atomic E-state index is 12.4. The summed E-state index contributed by atoms with van der Waals surface area (Å²) in [5, 5.41) is 14.1. The van der Waals surface area contributed by atoms with Crippen LogP contribution in [0.4, 0.5) is 16.2 Å². The number of carbonyl (C=O) groups is 2. The van der Waals surface area contributed by atoms with Gasteiger partial charge in [0.05, 0.1) is 4.92 Å². The Balaban J connectivity index is 1.40. The van der Waals surface area contributed by atoms with Crippen LogP contribution in [0, 0.1) is 10.1 Å². The number of urea groups is 1. The molecule has 0 unspecified atom stereocenters. The van der Waals surface area contributed by atoms with E-state index in [-0.39, 0.29) is 22.5 Å². The molecule has 3 amide bonds. The quantitative estimate of drug-likeness (QED) is 0.446. The number of hydrogen-bond donors (Lipinski definition) is 1. The molecule has 2 aliphatic rings. The number of carbonyl (C=O) groups excluding carboxylic acids is 2. The number of piperazine rings is 1. The minimum Gasteiger partial charge on any atom is -0.362 e. The maximum Gasteiger partial charge on any atom is 0.317 e. The van der Waals surface area contributed by atoms with Gasteiger partial charge in [-0.15, -0.1) is 0 Å². The Labute approximate surface area is 170 Å². The number of likely N-dealkylation sites (tertiary alicyclic amines) is 1. The zero-order valence-electron chi connectivity index (χ0n) is 16.7. The molecule has 1 aromatic rings. The van der Waals surface area contributed by atoms with Crippen LogP contribution in [0.5, 0.6) is 0 Å². The summed E-state index contributed by atoms with van der Waals surface area (Å²) in [6, 6.07) is 6.58. The van der Waals surface area contributed by atoms with Gasteiger partial charge in [0.25, 0.3) is 5.69 Å². The van der Waals surface area contributed by atoms with Crippen molar-refractivity contribution in [3.63, 3.8) is 0 Å². The van der Waals surface area contributed by atoms with E-state index in [0.29, 0.717) is 51.4 Å². The molecule has 9 nitrogen and oxygen atoms in total. The third-order valence-electron chi connectivity index (χ3n) is 5.54. The summed E-state index contributed by atoms with van der Waals surface area (Å²) >= 11 is 0. The summed E-state index contributed by atoms with van der Waals surface area (Å²) in [7, 11) is 0. The van der Waals surface area contributed by atoms with Crippen LogP contribution in [0.15, 0.2) is 24.3 Å². The summed E-state index contributed by atoms with van der Waals surface area (Å²) in [4.78, 5) is 40.8. The molecule has 0 bridgehead atoms. The van der Waals surface area contributed by atoms with Crippen LogP contribution in [0.25, 0.3) is 0 Å². The van der Waals surface area contributed by atoms with E-state index in [1.807, 2.05) is 9.80 Å². The first kappa shape index (κ1) is 20.9. The lowest BCUT2D eigenvalue weighted by atomic mass is 10.2. The third kappa shape index (κ3) is 5.58. The minimum absolute atomic E-state index is 0.0912. The highest BCUT2D eigenvalue weighted by atomic mass is 16.6. The van der Waals surface area contributed by atoms with E-state index in [0.717, 1.165) is 32.2 Å². The highest BCUT2D eigenvalue weighted by molar-refractivity contribution is 5.76. The van der Waals surface area contributed by atoms with Crippen molar-refractivity contribution in [1.82, 2.24) is 15.1 Å². The lowest BCUT2D eigenvalue weighted by Gasteiger charge is -2.35. The van der Waals surface area contributed by atoms with Crippen molar-refractivity contribution in [3.05, 3.63) is 34.4 Å². The Morgan fingerprint density at radius 2 is 1.83 bits per heavy atom. The highest BCUT2D eigenvalue weighted by Crippen LogP contribution is 2.28. The van der Waals surface area contributed by atoms with Crippen molar-refractivity contribution in [3.8, 4) is 0 Å². The van der Waals surface area contributed by atoms with Gasteiger partial charge in [0, 0.05) is 58.3 Å². The first-order chi connectivity index (χ1) is 14.1. The molecule has 29 heavy (non-hydrogen) atoms. The molecule has 2 heterocycles. The van der Waals surface area contributed by atoms with Crippen LogP contribution in [0.3, 0.4) is 0 Å². The molecule has 0 saturated carbocycles. The zero-order valence-corrected chi connectivity index (χ0v) is 16.7. The lowest BCUT2D eigenvalue weighted by molar-refractivity contribution is -0.384. The van der Waals surface area contributed by atoms with Gasteiger partial charge in [0.1, 0.15) is 5.69 Å². The highest BCUT2D eigenvalue weighted by Gasteiger charge is 2.25. The van der Waals surface area contributed by atoms with Crippen LogP contribution in [-0.2, 0) is 4.79 Å². The van der Waals surface area contributed by atoms with Gasteiger partial charge in [-0.2, -0.15) is 0 Å². The second-order valence-electron chi connectivity index (χ2n) is 7.50. The fourth-order valence-corrected chi connectivity index (χ4v) is 3.89. The summed E-state index contributed by atoms with van der Waals surface area (Å²) in [6.45, 7) is 4.18. The van der Waals surface area contributed by atoms with Crippen LogP contribution in [-0.4, -0.2) is 72.5 Å². The Kier molecular flexibility index (Phi) is 7.26. The van der Waals surface area contributed by atoms with Crippen LogP contribution >= 0.6 is 0 Å². The number of amides is 3. The minimum atomic E-state index is -0.372. The van der Waals surface area contributed by atoms with Crippen molar-refractivity contribution in [2.45, 2.75) is 32.1 Å². The SMILES string of the molecule is O=C1CCCCCN1CCCNC(=O)N1CCN(c2ccccc2[N+](=O)[O-])CC1. The van der Waals surface area contributed by atoms with E-state index in [2.05, 4.69) is 5.32 Å². The maximum atomic E-state index is 12.4. The van der Waals surface area contributed by atoms with Gasteiger partial charge < -0.3 is 20.0 Å². The van der Waals surface area contributed by atoms with Crippen LogP contribution < -0.4 is 10.2 Å². The summed E-state index contributed by atoms with van der Waals surface area (Å²) in [5.41, 5.74) is 0.688. The summed E-state index contributed by atoms with van der Waals surface area (Å²) < 4.78 is 0. The van der Waals surface area contributed by atoms with Crippen molar-refractivity contribution in [2.24, 2.45) is 0 Å². The molecule has 1 aromatic carbocycles. The van der Waals surface area contributed by atoms with Crippen molar-refractivity contribution < 1.29 is 14.5 Å². The summed E-state index contributed by atoms with van der Waals surface area (Å²) in [6.07, 6.45) is 4.52. The molecule has 2 aliphatic heterocycles. The van der Waals surface area contributed by atoms with E-state index in [9.17, 15) is 19.7 Å². The topological polar surface area (TPSA) is 99.0 Å². The number of anilines is 1. The monoisotopic (exact) mass is 403 g/mol. The number of nitro benzene ring substituents is 1. The molecular weight excluding hydrogens is 374 g/mol. The van der Waals surface area contributed by atoms with Gasteiger partial charge in [-0.25, -0.2) is 4.79 Å². The second-order valence-corrected chi connectivity index (χ2v) is 7.50. The first-order valence-corrected chi connectivity index (χ1v) is 10.3. The van der Waals surface area contributed by atoms with Crippen molar-refractivity contribution in [2.75, 3.05) is 50.7 Å². The molecular formula is C20H29N5O4. The van der Waals surface area contributed by atoms with Gasteiger partial charge >= 0.3 is 6.03 Å². The number of hydrogen-bond acceptors (Lipinski definition) is 5. The lowest BCUT2D eigenvalue weighted by Crippen LogP contribution is -2.52. The normalized spacial score (nSPS) is 17.8. The van der Waals surface area contributed by atoms with Gasteiger partial charge in [-0.05, 0) is 25.3 Å². The number of nitrogens with zero attached hydrogens (tertiary/aromatic N) is 4. The molecule has 9 heteroatoms. The zero-order chi connectivity index (χ0) is 20.6. The number of para-hydroxylation sites is 2. The van der Waals surface area contributed by atoms with E-state index in [4.69, 9.17) is 0 Å². The van der Waals surface area contributed by atoms with Crippen LogP contribution in [0.2, 0.25) is 0 Å². The molecule has 0 atom stereocenters. The van der Waals surface area contributed by atoms with E-state index in [1.165, 1.54) is 6.07 Å². The molecule has 3 rings (SSSR count). The number of nitro groups is 1. The van der Waals surface area contributed by atoms with Gasteiger partial charge in [0.15, 0.2) is 0 Å². The third-order valence-corrected chi connectivity index (χ3v) is 5.54. The molecule has 0 aromatic heterocycles. The molecule has 158 valence electrons. The second kappa shape index (κ2) is 10.1. The Morgan fingerprint density at radius 3 is 2.59 bits per heavy atom. The molecule has 1 N–H and O–H groups in total.